The molecule has 2 N–H and O–H groups in total. The van der Waals surface area contributed by atoms with Gasteiger partial charge in [-0.05, 0) is 37.2 Å². The summed E-state index contributed by atoms with van der Waals surface area (Å²) < 4.78 is 27.0. The minimum Gasteiger partial charge on any atom is -0.384 e. The molecule has 7 nitrogen and oxygen atoms in total. The maximum absolute atomic E-state index is 12.7. The average molecular weight is 442 g/mol. The summed E-state index contributed by atoms with van der Waals surface area (Å²) in [5, 5.41) is 3.59. The van der Waals surface area contributed by atoms with Crippen molar-refractivity contribution in [1.29, 1.82) is 0 Å². The first kappa shape index (κ1) is 21.8. The molecule has 0 bridgehead atoms. The van der Waals surface area contributed by atoms with E-state index in [1.54, 1.807) is 10.5 Å². The number of piperidine rings is 1. The van der Waals surface area contributed by atoms with E-state index in [0.29, 0.717) is 13.1 Å². The van der Waals surface area contributed by atoms with E-state index in [0.717, 1.165) is 53.9 Å². The molecule has 0 amide bonds. The highest BCUT2D eigenvalue weighted by atomic mass is 32.2. The molecule has 4 rings (SSSR count). The molecule has 2 aromatic heterocycles. The monoisotopic (exact) mass is 441 g/mol. The molecule has 2 aromatic rings. The highest BCUT2D eigenvalue weighted by Gasteiger charge is 2.29. The van der Waals surface area contributed by atoms with Crippen LogP contribution < -0.4 is 5.32 Å². The Hall–Kier alpha value is -2.45. The van der Waals surface area contributed by atoms with Gasteiger partial charge in [0.25, 0.3) is 0 Å². The smallest absolute Gasteiger partial charge is 0.214 e. The fourth-order valence-electron chi connectivity index (χ4n) is 4.21. The quantitative estimate of drug-likeness (QED) is 0.687. The third kappa shape index (κ3) is 5.25. The van der Waals surface area contributed by atoms with Gasteiger partial charge in [-0.1, -0.05) is 38.2 Å². The van der Waals surface area contributed by atoms with Crippen LogP contribution in [-0.2, 0) is 10.0 Å². The summed E-state index contributed by atoms with van der Waals surface area (Å²) in [6.45, 7) is 5.86. The lowest BCUT2D eigenvalue weighted by atomic mass is 9.99. The molecule has 8 heteroatoms. The molecular weight excluding hydrogens is 410 g/mol. The van der Waals surface area contributed by atoms with E-state index in [4.69, 9.17) is 4.98 Å². The van der Waals surface area contributed by atoms with Gasteiger partial charge < -0.3 is 10.3 Å². The predicted molar refractivity (Wildman–Crippen MR) is 125 cm³/mol. The maximum Gasteiger partial charge on any atom is 0.214 e. The summed E-state index contributed by atoms with van der Waals surface area (Å²) in [5.41, 5.74) is 4.46. The zero-order valence-corrected chi connectivity index (χ0v) is 19.0. The van der Waals surface area contributed by atoms with Crippen LogP contribution in [0.2, 0.25) is 0 Å². The van der Waals surface area contributed by atoms with Crippen molar-refractivity contribution in [2.24, 2.45) is 11.8 Å². The number of allylic oxidation sites excluding steroid dienone is 5. The second-order valence-corrected chi connectivity index (χ2v) is 10.8. The molecule has 1 fully saturated rings. The summed E-state index contributed by atoms with van der Waals surface area (Å²) in [4.78, 5) is 12.3. The first-order chi connectivity index (χ1) is 14.9. The van der Waals surface area contributed by atoms with Crippen molar-refractivity contribution in [1.82, 2.24) is 24.6 Å². The molecule has 1 atom stereocenters. The minimum absolute atomic E-state index is 0.137. The number of aromatic nitrogens is 3. The zero-order valence-electron chi connectivity index (χ0n) is 18.2. The van der Waals surface area contributed by atoms with Crippen LogP contribution in [-0.4, -0.2) is 53.1 Å². The van der Waals surface area contributed by atoms with Gasteiger partial charge in [-0.15, -0.1) is 0 Å². The molecule has 0 saturated carbocycles. The Labute approximate surface area is 184 Å². The van der Waals surface area contributed by atoms with Gasteiger partial charge in [0.2, 0.25) is 10.0 Å². The standard InChI is InChI=1S/C23H31N5O2S/c1-17(2)16-31(29,30)28-12-6-7-18(15-28)13-25-20-9-5-3-4-8-19(20)22-14-26-23-21(27-22)10-11-24-23/h3-4,8-11,14,17-18,25H,5-7,12-13,15-16H2,1-2H3,(H,24,26). The van der Waals surface area contributed by atoms with Crippen LogP contribution in [0.15, 0.2) is 48.5 Å². The van der Waals surface area contributed by atoms with Crippen molar-refractivity contribution in [2.45, 2.75) is 33.1 Å². The summed E-state index contributed by atoms with van der Waals surface area (Å²) in [6.07, 6.45) is 14.8. The van der Waals surface area contributed by atoms with Crippen LogP contribution in [0.25, 0.3) is 16.7 Å². The third-order valence-corrected chi connectivity index (χ3v) is 7.89. The molecule has 2 aliphatic rings. The van der Waals surface area contributed by atoms with E-state index in [-0.39, 0.29) is 17.6 Å². The number of nitrogens with zero attached hydrogens (tertiary/aromatic N) is 3. The SMILES string of the molecule is CC(C)CS(=O)(=O)N1CCCC(CNC2=CCC=CC=C2c2cnc3[nH]ccc3n2)C1. The number of hydrogen-bond donors (Lipinski definition) is 2. The molecular formula is C23H31N5O2S. The fraction of sp³-hybridized carbons (Fsp3) is 0.478. The fourth-order valence-corrected chi connectivity index (χ4v) is 6.10. The topological polar surface area (TPSA) is 91.0 Å². The lowest BCUT2D eigenvalue weighted by Crippen LogP contribution is -2.44. The first-order valence-electron chi connectivity index (χ1n) is 11.0. The van der Waals surface area contributed by atoms with E-state index in [1.165, 1.54) is 0 Å². The summed E-state index contributed by atoms with van der Waals surface area (Å²) in [6, 6.07) is 1.92. The molecule has 1 aliphatic heterocycles. The molecule has 1 aliphatic carbocycles. The number of aromatic amines is 1. The first-order valence-corrected chi connectivity index (χ1v) is 12.6. The van der Waals surface area contributed by atoms with E-state index >= 15 is 0 Å². The number of sulfonamides is 1. The van der Waals surface area contributed by atoms with Crippen LogP contribution in [0.5, 0.6) is 0 Å². The van der Waals surface area contributed by atoms with Crippen LogP contribution >= 0.6 is 0 Å². The van der Waals surface area contributed by atoms with Gasteiger partial charge >= 0.3 is 0 Å². The number of nitrogens with one attached hydrogen (secondary N) is 2. The lowest BCUT2D eigenvalue weighted by molar-refractivity contribution is 0.263. The molecule has 0 radical (unpaired) electrons. The second-order valence-electron chi connectivity index (χ2n) is 8.75. The Morgan fingerprint density at radius 1 is 1.35 bits per heavy atom. The van der Waals surface area contributed by atoms with Crippen LogP contribution in [0.3, 0.4) is 0 Å². The lowest BCUT2D eigenvalue weighted by Gasteiger charge is -2.33. The van der Waals surface area contributed by atoms with Crippen molar-refractivity contribution < 1.29 is 8.42 Å². The zero-order chi connectivity index (χ0) is 21.8. The molecule has 166 valence electrons. The Morgan fingerprint density at radius 2 is 2.23 bits per heavy atom. The van der Waals surface area contributed by atoms with Crippen LogP contribution in [0, 0.1) is 11.8 Å². The van der Waals surface area contributed by atoms with Crippen molar-refractivity contribution >= 4 is 26.8 Å². The Morgan fingerprint density at radius 3 is 3.06 bits per heavy atom. The molecule has 31 heavy (non-hydrogen) atoms. The number of H-pyrrole nitrogens is 1. The Balaban J connectivity index is 1.45. The largest absolute Gasteiger partial charge is 0.384 e. The number of rotatable bonds is 7. The van der Waals surface area contributed by atoms with E-state index in [9.17, 15) is 8.42 Å². The Bertz CT molecular complexity index is 1110. The van der Waals surface area contributed by atoms with Crippen molar-refractivity contribution in [3.63, 3.8) is 0 Å². The van der Waals surface area contributed by atoms with Gasteiger partial charge in [0.05, 0.1) is 17.6 Å². The Kier molecular flexibility index (Phi) is 6.57. The van der Waals surface area contributed by atoms with Crippen molar-refractivity contribution in [2.75, 3.05) is 25.4 Å². The van der Waals surface area contributed by atoms with E-state index in [1.807, 2.05) is 32.2 Å². The van der Waals surface area contributed by atoms with Crippen molar-refractivity contribution in [3.8, 4) is 0 Å². The molecule has 1 saturated heterocycles. The van der Waals surface area contributed by atoms with Gasteiger partial charge in [0, 0.05) is 37.1 Å². The molecule has 0 spiro atoms. The van der Waals surface area contributed by atoms with Gasteiger partial charge in [0.1, 0.15) is 5.52 Å². The number of hydrogen-bond acceptors (Lipinski definition) is 5. The van der Waals surface area contributed by atoms with E-state index < -0.39 is 10.0 Å². The normalized spacial score (nSPS) is 20.5. The van der Waals surface area contributed by atoms with Gasteiger partial charge in [0.15, 0.2) is 5.65 Å². The number of fused-ring (bicyclic) bond motifs is 1. The maximum atomic E-state index is 12.7. The van der Waals surface area contributed by atoms with Gasteiger partial charge in [-0.3, -0.25) is 0 Å². The summed E-state index contributed by atoms with van der Waals surface area (Å²) in [7, 11) is -3.19. The average Bonchev–Trinajstić information content (AvgIpc) is 3.08. The van der Waals surface area contributed by atoms with Gasteiger partial charge in [-0.2, -0.15) is 0 Å². The summed E-state index contributed by atoms with van der Waals surface area (Å²) in [5.74, 6) is 0.641. The van der Waals surface area contributed by atoms with Crippen LogP contribution in [0.4, 0.5) is 0 Å². The predicted octanol–water partition coefficient (Wildman–Crippen LogP) is 3.47. The molecule has 0 aromatic carbocycles. The summed E-state index contributed by atoms with van der Waals surface area (Å²) >= 11 is 0. The molecule has 1 unspecified atom stereocenters. The highest BCUT2D eigenvalue weighted by molar-refractivity contribution is 7.89. The van der Waals surface area contributed by atoms with Gasteiger partial charge in [-0.25, -0.2) is 22.7 Å². The highest BCUT2D eigenvalue weighted by Crippen LogP contribution is 2.25. The second kappa shape index (κ2) is 9.36. The minimum atomic E-state index is -3.19. The van der Waals surface area contributed by atoms with Crippen LogP contribution in [0.1, 0.15) is 38.8 Å². The van der Waals surface area contributed by atoms with E-state index in [2.05, 4.69) is 33.5 Å². The van der Waals surface area contributed by atoms with Crippen molar-refractivity contribution in [3.05, 3.63) is 54.2 Å². The third-order valence-electron chi connectivity index (χ3n) is 5.68. The molecule has 3 heterocycles.